The number of carbonyl (C=O) groups excluding carboxylic acids is 1. The zero-order valence-corrected chi connectivity index (χ0v) is 16.3. The van der Waals surface area contributed by atoms with Crippen molar-refractivity contribution in [1.82, 2.24) is 9.78 Å². The summed E-state index contributed by atoms with van der Waals surface area (Å²) < 4.78 is 51.0. The van der Waals surface area contributed by atoms with Crippen molar-refractivity contribution in [2.75, 3.05) is 7.11 Å². The standard InChI is InChI=1S/C22H19F3N2O3/c1-27-13-17(12-26-27)19(28)8-6-15-7-9-20(21(11-15)29-2)30-14-16-4-3-5-18(10-16)22(23,24)25/h3-13H,14H2,1-2H3. The van der Waals surface area contributed by atoms with Crippen LogP contribution in [0.25, 0.3) is 6.08 Å². The van der Waals surface area contributed by atoms with Crippen molar-refractivity contribution >= 4 is 11.9 Å². The maximum Gasteiger partial charge on any atom is 0.416 e. The van der Waals surface area contributed by atoms with E-state index in [0.717, 1.165) is 12.1 Å². The number of carbonyl (C=O) groups is 1. The number of rotatable bonds is 7. The topological polar surface area (TPSA) is 53.3 Å². The molecule has 30 heavy (non-hydrogen) atoms. The number of benzene rings is 2. The summed E-state index contributed by atoms with van der Waals surface area (Å²) in [6.07, 6.45) is 1.76. The van der Waals surface area contributed by atoms with Gasteiger partial charge in [-0.3, -0.25) is 9.48 Å². The molecular weight excluding hydrogens is 397 g/mol. The van der Waals surface area contributed by atoms with Crippen LogP contribution < -0.4 is 9.47 Å². The molecule has 0 spiro atoms. The molecule has 2 aromatic carbocycles. The molecule has 3 rings (SSSR count). The number of methoxy groups -OCH3 is 1. The van der Waals surface area contributed by atoms with Crippen molar-refractivity contribution in [1.29, 1.82) is 0 Å². The zero-order chi connectivity index (χ0) is 21.7. The van der Waals surface area contributed by atoms with E-state index in [1.165, 1.54) is 25.4 Å². The molecule has 8 heteroatoms. The van der Waals surface area contributed by atoms with Gasteiger partial charge in [0, 0.05) is 13.2 Å². The summed E-state index contributed by atoms with van der Waals surface area (Å²) in [7, 11) is 3.18. The third-order valence-corrected chi connectivity index (χ3v) is 4.25. The third-order valence-electron chi connectivity index (χ3n) is 4.25. The van der Waals surface area contributed by atoms with Crippen molar-refractivity contribution < 1.29 is 27.4 Å². The Morgan fingerprint density at radius 2 is 1.97 bits per heavy atom. The minimum Gasteiger partial charge on any atom is -0.493 e. The Morgan fingerprint density at radius 3 is 2.63 bits per heavy atom. The van der Waals surface area contributed by atoms with E-state index in [1.54, 1.807) is 48.3 Å². The Hall–Kier alpha value is -3.55. The summed E-state index contributed by atoms with van der Waals surface area (Å²) in [5.41, 5.74) is 0.838. The number of aryl methyl sites for hydroxylation is 1. The fraction of sp³-hybridized carbons (Fsp3) is 0.182. The first-order chi connectivity index (χ1) is 14.3. The lowest BCUT2D eigenvalue weighted by Crippen LogP contribution is -2.06. The van der Waals surface area contributed by atoms with E-state index in [4.69, 9.17) is 9.47 Å². The van der Waals surface area contributed by atoms with Crippen LogP contribution >= 0.6 is 0 Å². The van der Waals surface area contributed by atoms with Crippen molar-refractivity contribution in [3.63, 3.8) is 0 Å². The van der Waals surface area contributed by atoms with Crippen LogP contribution in [0, 0.1) is 0 Å². The molecule has 0 amide bonds. The number of ether oxygens (including phenoxy) is 2. The van der Waals surface area contributed by atoms with Gasteiger partial charge in [0.15, 0.2) is 17.3 Å². The van der Waals surface area contributed by atoms with E-state index in [9.17, 15) is 18.0 Å². The largest absolute Gasteiger partial charge is 0.493 e. The second-order valence-electron chi connectivity index (χ2n) is 6.50. The van der Waals surface area contributed by atoms with Crippen LogP contribution in [0.5, 0.6) is 11.5 Å². The molecule has 1 heterocycles. The van der Waals surface area contributed by atoms with Gasteiger partial charge >= 0.3 is 6.18 Å². The quantitative estimate of drug-likeness (QED) is 0.405. The van der Waals surface area contributed by atoms with Gasteiger partial charge in [-0.15, -0.1) is 0 Å². The van der Waals surface area contributed by atoms with Crippen molar-refractivity contribution in [3.8, 4) is 11.5 Å². The molecule has 0 aliphatic heterocycles. The van der Waals surface area contributed by atoms with Crippen LogP contribution in [0.2, 0.25) is 0 Å². The first-order valence-electron chi connectivity index (χ1n) is 8.94. The molecular formula is C22H19F3N2O3. The fourth-order valence-electron chi connectivity index (χ4n) is 2.72. The lowest BCUT2D eigenvalue weighted by molar-refractivity contribution is -0.137. The second kappa shape index (κ2) is 8.86. The minimum absolute atomic E-state index is 0.0467. The molecule has 3 aromatic rings. The number of ketones is 1. The van der Waals surface area contributed by atoms with E-state index < -0.39 is 11.7 Å². The van der Waals surface area contributed by atoms with Gasteiger partial charge in [0.25, 0.3) is 0 Å². The number of halogens is 3. The smallest absolute Gasteiger partial charge is 0.416 e. The predicted octanol–water partition coefficient (Wildman–Crippen LogP) is 4.92. The molecule has 0 fully saturated rings. The third kappa shape index (κ3) is 5.28. The Balaban J connectivity index is 1.70. The summed E-state index contributed by atoms with van der Waals surface area (Å²) >= 11 is 0. The normalized spacial score (nSPS) is 11.6. The fourth-order valence-corrected chi connectivity index (χ4v) is 2.72. The van der Waals surface area contributed by atoms with Gasteiger partial charge < -0.3 is 9.47 Å². The van der Waals surface area contributed by atoms with E-state index >= 15 is 0 Å². The molecule has 0 N–H and O–H groups in total. The highest BCUT2D eigenvalue weighted by Gasteiger charge is 2.30. The molecule has 5 nitrogen and oxygen atoms in total. The molecule has 0 bridgehead atoms. The highest BCUT2D eigenvalue weighted by atomic mass is 19.4. The molecule has 0 unspecified atom stereocenters. The Kier molecular flexibility index (Phi) is 6.25. The highest BCUT2D eigenvalue weighted by molar-refractivity contribution is 6.06. The average molecular weight is 416 g/mol. The lowest BCUT2D eigenvalue weighted by atomic mass is 10.1. The molecule has 0 radical (unpaired) electrons. The number of allylic oxidation sites excluding steroid dienone is 1. The number of nitrogens with zero attached hydrogens (tertiary/aromatic N) is 2. The summed E-state index contributed by atoms with van der Waals surface area (Å²) in [6.45, 7) is -0.0467. The van der Waals surface area contributed by atoms with Crippen molar-refractivity contribution in [2.24, 2.45) is 7.05 Å². The Bertz CT molecular complexity index is 1070. The summed E-state index contributed by atoms with van der Waals surface area (Å²) in [6, 6.07) is 9.99. The maximum atomic E-state index is 12.8. The van der Waals surface area contributed by atoms with Crippen LogP contribution in [0.15, 0.2) is 60.9 Å². The minimum atomic E-state index is -4.41. The SMILES string of the molecule is COc1cc(C=CC(=O)c2cnn(C)c2)ccc1OCc1cccc(C(F)(F)F)c1. The second-order valence-corrected chi connectivity index (χ2v) is 6.50. The first kappa shape index (κ1) is 21.2. The molecule has 0 aliphatic rings. The van der Waals surface area contributed by atoms with Gasteiger partial charge in [-0.2, -0.15) is 18.3 Å². The zero-order valence-electron chi connectivity index (χ0n) is 16.3. The average Bonchev–Trinajstić information content (AvgIpc) is 3.16. The Morgan fingerprint density at radius 1 is 1.17 bits per heavy atom. The van der Waals surface area contributed by atoms with E-state index in [2.05, 4.69) is 5.10 Å². The number of aromatic nitrogens is 2. The van der Waals surface area contributed by atoms with E-state index in [-0.39, 0.29) is 12.4 Å². The maximum absolute atomic E-state index is 12.8. The lowest BCUT2D eigenvalue weighted by Gasteiger charge is -2.13. The molecule has 0 saturated heterocycles. The molecule has 0 atom stereocenters. The highest BCUT2D eigenvalue weighted by Crippen LogP contribution is 2.31. The van der Waals surface area contributed by atoms with Crippen LogP contribution in [0.1, 0.15) is 27.0 Å². The van der Waals surface area contributed by atoms with Crippen LogP contribution in [0.4, 0.5) is 13.2 Å². The molecule has 1 aromatic heterocycles. The van der Waals surface area contributed by atoms with Crippen LogP contribution in [-0.4, -0.2) is 22.7 Å². The summed E-state index contributed by atoms with van der Waals surface area (Å²) in [4.78, 5) is 12.1. The van der Waals surface area contributed by atoms with Gasteiger partial charge in [0.2, 0.25) is 0 Å². The predicted molar refractivity (Wildman–Crippen MR) is 105 cm³/mol. The monoisotopic (exact) mass is 416 g/mol. The summed E-state index contributed by atoms with van der Waals surface area (Å²) in [5.74, 6) is 0.593. The van der Waals surface area contributed by atoms with Gasteiger partial charge in [-0.25, -0.2) is 0 Å². The number of hydrogen-bond donors (Lipinski definition) is 0. The van der Waals surface area contributed by atoms with Crippen molar-refractivity contribution in [2.45, 2.75) is 12.8 Å². The first-order valence-corrected chi connectivity index (χ1v) is 8.94. The summed E-state index contributed by atoms with van der Waals surface area (Å²) in [5, 5.41) is 3.96. The molecule has 156 valence electrons. The van der Waals surface area contributed by atoms with E-state index in [1.807, 2.05) is 0 Å². The number of alkyl halides is 3. The van der Waals surface area contributed by atoms with Crippen LogP contribution in [0.3, 0.4) is 0 Å². The van der Waals surface area contributed by atoms with Gasteiger partial charge in [-0.1, -0.05) is 24.3 Å². The number of hydrogen-bond acceptors (Lipinski definition) is 4. The van der Waals surface area contributed by atoms with Gasteiger partial charge in [0.1, 0.15) is 6.61 Å². The molecule has 0 saturated carbocycles. The Labute approximate surface area is 171 Å². The van der Waals surface area contributed by atoms with Gasteiger partial charge in [-0.05, 0) is 41.5 Å². The van der Waals surface area contributed by atoms with E-state index in [0.29, 0.717) is 28.2 Å². The van der Waals surface area contributed by atoms with Crippen LogP contribution in [-0.2, 0) is 19.8 Å². The van der Waals surface area contributed by atoms with Crippen molar-refractivity contribution in [3.05, 3.63) is 83.2 Å². The van der Waals surface area contributed by atoms with Gasteiger partial charge in [0.05, 0.1) is 24.4 Å². The molecule has 0 aliphatic carbocycles.